The number of hydrogen-bond donors (Lipinski definition) is 0. The minimum atomic E-state index is 0.0330. The highest BCUT2D eigenvalue weighted by atomic mass is 16.5. The first kappa shape index (κ1) is 19.6. The van der Waals surface area contributed by atoms with E-state index in [0.717, 1.165) is 71.8 Å². The molecule has 152 valence electrons. The molecule has 3 aromatic rings. The van der Waals surface area contributed by atoms with Crippen LogP contribution in [-0.2, 0) is 13.6 Å². The molecule has 4 rings (SSSR count). The number of fused-ring (bicyclic) bond motifs is 1. The lowest BCUT2D eigenvalue weighted by Crippen LogP contribution is -2.38. The first-order valence-electron chi connectivity index (χ1n) is 10.3. The Morgan fingerprint density at radius 2 is 1.93 bits per heavy atom. The van der Waals surface area contributed by atoms with Gasteiger partial charge in [-0.1, -0.05) is 12.1 Å². The largest absolute Gasteiger partial charge is 0.496 e. The molecule has 1 aromatic heterocycles. The van der Waals surface area contributed by atoms with Crippen molar-refractivity contribution in [3.63, 3.8) is 0 Å². The number of benzene rings is 2. The lowest BCUT2D eigenvalue weighted by atomic mass is 9.88. The molecule has 0 N–H and O–H groups in total. The number of ketones is 1. The average molecular weight is 392 g/mol. The van der Waals surface area contributed by atoms with Gasteiger partial charge in [0.05, 0.1) is 24.7 Å². The van der Waals surface area contributed by atoms with Crippen molar-refractivity contribution in [3.05, 3.63) is 58.9 Å². The van der Waals surface area contributed by atoms with Crippen LogP contribution >= 0.6 is 0 Å². The van der Waals surface area contributed by atoms with E-state index < -0.39 is 0 Å². The number of methoxy groups -OCH3 is 1. The zero-order chi connectivity index (χ0) is 20.5. The van der Waals surface area contributed by atoms with Crippen LogP contribution in [0.3, 0.4) is 0 Å². The number of aryl methyl sites for hydroxylation is 3. The van der Waals surface area contributed by atoms with Gasteiger partial charge in [0, 0.05) is 25.1 Å². The molecule has 0 saturated carbocycles. The maximum Gasteiger partial charge on any atom is 0.167 e. The number of para-hydroxylation sites is 2. The Kier molecular flexibility index (Phi) is 5.41. The minimum absolute atomic E-state index is 0.0330. The third-order valence-electron chi connectivity index (χ3n) is 6.07. The third-order valence-corrected chi connectivity index (χ3v) is 6.07. The predicted octanol–water partition coefficient (Wildman–Crippen LogP) is 4.29. The van der Waals surface area contributed by atoms with Gasteiger partial charge in [0.2, 0.25) is 0 Å². The van der Waals surface area contributed by atoms with Crippen molar-refractivity contribution < 1.29 is 9.53 Å². The van der Waals surface area contributed by atoms with E-state index in [1.165, 1.54) is 0 Å². The van der Waals surface area contributed by atoms with Gasteiger partial charge < -0.3 is 9.30 Å². The van der Waals surface area contributed by atoms with E-state index >= 15 is 0 Å². The van der Waals surface area contributed by atoms with Crippen molar-refractivity contribution in [2.75, 3.05) is 20.2 Å². The topological polar surface area (TPSA) is 47.4 Å². The third kappa shape index (κ3) is 3.79. The van der Waals surface area contributed by atoms with Gasteiger partial charge in [-0.25, -0.2) is 4.98 Å². The predicted molar refractivity (Wildman–Crippen MR) is 116 cm³/mol. The van der Waals surface area contributed by atoms with Crippen LogP contribution in [0.5, 0.6) is 5.75 Å². The molecule has 2 heterocycles. The number of Topliss-reactive ketones (excluding diaryl/α,β-unsaturated/α-hetero) is 1. The summed E-state index contributed by atoms with van der Waals surface area (Å²) >= 11 is 0. The second-order valence-electron chi connectivity index (χ2n) is 8.16. The second kappa shape index (κ2) is 7.99. The summed E-state index contributed by atoms with van der Waals surface area (Å²) in [5, 5.41) is 0. The van der Waals surface area contributed by atoms with Gasteiger partial charge in [0.25, 0.3) is 0 Å². The molecule has 1 atom stereocenters. The molecule has 29 heavy (non-hydrogen) atoms. The van der Waals surface area contributed by atoms with Gasteiger partial charge in [-0.05, 0) is 68.6 Å². The van der Waals surface area contributed by atoms with E-state index in [2.05, 4.69) is 28.6 Å². The molecule has 0 spiro atoms. The molecule has 0 amide bonds. The standard InChI is InChI=1S/C24H29N3O2/c1-16-12-19(13-17(2)24(16)29-4)23(28)18-8-7-11-27(14-18)15-22-25-20-9-5-6-10-21(20)26(22)3/h5-6,9-10,12-13,18H,7-8,11,14-15H2,1-4H3/t18-/m0/s1. The van der Waals surface area contributed by atoms with Crippen LogP contribution in [0.4, 0.5) is 0 Å². The van der Waals surface area contributed by atoms with Crippen molar-refractivity contribution in [2.45, 2.75) is 33.2 Å². The lowest BCUT2D eigenvalue weighted by molar-refractivity contribution is 0.0807. The Bertz CT molecular complexity index is 1030. The summed E-state index contributed by atoms with van der Waals surface area (Å²) in [5.74, 6) is 2.20. The van der Waals surface area contributed by atoms with Gasteiger partial charge in [-0.15, -0.1) is 0 Å². The molecule has 2 aromatic carbocycles. The van der Waals surface area contributed by atoms with Gasteiger partial charge in [0.1, 0.15) is 11.6 Å². The van der Waals surface area contributed by atoms with E-state index in [1.807, 2.05) is 38.1 Å². The number of carbonyl (C=O) groups is 1. The van der Waals surface area contributed by atoms with Crippen LogP contribution in [-0.4, -0.2) is 40.4 Å². The number of piperidine rings is 1. The Hall–Kier alpha value is -2.66. The number of aromatic nitrogens is 2. The maximum atomic E-state index is 13.2. The highest BCUT2D eigenvalue weighted by Crippen LogP contribution is 2.28. The van der Waals surface area contributed by atoms with Crippen molar-refractivity contribution >= 4 is 16.8 Å². The first-order valence-corrected chi connectivity index (χ1v) is 10.3. The van der Waals surface area contributed by atoms with Crippen molar-refractivity contribution in [3.8, 4) is 5.75 Å². The fourth-order valence-electron chi connectivity index (χ4n) is 4.60. The highest BCUT2D eigenvalue weighted by Gasteiger charge is 2.28. The fraction of sp³-hybridized carbons (Fsp3) is 0.417. The number of imidazole rings is 1. The molecule has 1 fully saturated rings. The Labute approximate surface area is 172 Å². The zero-order valence-corrected chi connectivity index (χ0v) is 17.7. The number of carbonyl (C=O) groups excluding carboxylic acids is 1. The second-order valence-corrected chi connectivity index (χ2v) is 8.16. The zero-order valence-electron chi connectivity index (χ0n) is 17.7. The normalized spacial score (nSPS) is 17.6. The first-order chi connectivity index (χ1) is 14.0. The smallest absolute Gasteiger partial charge is 0.167 e. The van der Waals surface area contributed by atoms with Crippen molar-refractivity contribution in [1.82, 2.24) is 14.5 Å². The van der Waals surface area contributed by atoms with E-state index in [0.29, 0.717) is 0 Å². The summed E-state index contributed by atoms with van der Waals surface area (Å²) in [6.07, 6.45) is 1.98. The summed E-state index contributed by atoms with van der Waals surface area (Å²) in [5.41, 5.74) is 5.01. The van der Waals surface area contributed by atoms with E-state index in [4.69, 9.17) is 9.72 Å². The molecule has 0 aliphatic carbocycles. The molecule has 0 bridgehead atoms. The van der Waals surface area contributed by atoms with E-state index in [9.17, 15) is 4.79 Å². The summed E-state index contributed by atoms with van der Waals surface area (Å²) in [4.78, 5) is 20.4. The number of ether oxygens (including phenoxy) is 1. The summed E-state index contributed by atoms with van der Waals surface area (Å²) in [6, 6.07) is 12.2. The van der Waals surface area contributed by atoms with Crippen molar-refractivity contribution in [1.29, 1.82) is 0 Å². The SMILES string of the molecule is COc1c(C)cc(C(=O)[C@H]2CCCN(Cc3nc4ccccc4n3C)C2)cc1C. The number of rotatable bonds is 5. The average Bonchev–Trinajstić information content (AvgIpc) is 3.03. The van der Waals surface area contributed by atoms with Gasteiger partial charge in [-0.2, -0.15) is 0 Å². The molecule has 1 aliphatic rings. The Balaban J connectivity index is 1.50. The number of hydrogen-bond acceptors (Lipinski definition) is 4. The lowest BCUT2D eigenvalue weighted by Gasteiger charge is -2.31. The summed E-state index contributed by atoms with van der Waals surface area (Å²) in [6.45, 7) is 6.57. The number of likely N-dealkylation sites (tertiary alicyclic amines) is 1. The van der Waals surface area contributed by atoms with Crippen LogP contribution in [0.2, 0.25) is 0 Å². The summed E-state index contributed by atoms with van der Waals surface area (Å²) < 4.78 is 7.61. The van der Waals surface area contributed by atoms with Crippen LogP contribution in [0.1, 0.15) is 40.2 Å². The molecule has 0 unspecified atom stereocenters. The minimum Gasteiger partial charge on any atom is -0.496 e. The molecule has 1 saturated heterocycles. The molecule has 5 nitrogen and oxygen atoms in total. The maximum absolute atomic E-state index is 13.2. The monoisotopic (exact) mass is 391 g/mol. The van der Waals surface area contributed by atoms with Crippen molar-refractivity contribution in [2.24, 2.45) is 13.0 Å². The van der Waals surface area contributed by atoms with Gasteiger partial charge in [0.15, 0.2) is 5.78 Å². The molecule has 1 aliphatic heterocycles. The number of nitrogens with zero attached hydrogens (tertiary/aromatic N) is 3. The van der Waals surface area contributed by atoms with Gasteiger partial charge >= 0.3 is 0 Å². The van der Waals surface area contributed by atoms with Gasteiger partial charge in [-0.3, -0.25) is 9.69 Å². The molecular formula is C24H29N3O2. The van der Waals surface area contributed by atoms with E-state index in [1.54, 1.807) is 7.11 Å². The van der Waals surface area contributed by atoms with E-state index in [-0.39, 0.29) is 11.7 Å². The van der Waals surface area contributed by atoms with Crippen LogP contribution in [0.15, 0.2) is 36.4 Å². The quantitative estimate of drug-likeness (QED) is 0.609. The molecule has 0 radical (unpaired) electrons. The molecular weight excluding hydrogens is 362 g/mol. The van der Waals surface area contributed by atoms with Crippen LogP contribution in [0, 0.1) is 19.8 Å². The highest BCUT2D eigenvalue weighted by molar-refractivity contribution is 5.98. The Morgan fingerprint density at radius 1 is 1.21 bits per heavy atom. The van der Waals surface area contributed by atoms with Crippen LogP contribution < -0.4 is 4.74 Å². The Morgan fingerprint density at radius 3 is 2.62 bits per heavy atom. The molecule has 5 heteroatoms. The fourth-order valence-corrected chi connectivity index (χ4v) is 4.60. The van der Waals surface area contributed by atoms with Crippen LogP contribution in [0.25, 0.3) is 11.0 Å². The summed E-state index contributed by atoms with van der Waals surface area (Å²) in [7, 11) is 3.75.